The van der Waals surface area contributed by atoms with Gasteiger partial charge in [-0.3, -0.25) is 9.59 Å². The molecule has 0 saturated carbocycles. The summed E-state index contributed by atoms with van der Waals surface area (Å²) in [5.74, 6) is -0.0498. The summed E-state index contributed by atoms with van der Waals surface area (Å²) >= 11 is 0. The highest BCUT2D eigenvalue weighted by atomic mass is 35.5. The van der Waals surface area contributed by atoms with Gasteiger partial charge in [0.05, 0.1) is 0 Å². The van der Waals surface area contributed by atoms with Crippen LogP contribution >= 0.6 is 12.4 Å². The van der Waals surface area contributed by atoms with Gasteiger partial charge in [-0.25, -0.2) is 0 Å². The maximum atomic E-state index is 12.7. The Balaban J connectivity index is 0.00000242. The van der Waals surface area contributed by atoms with E-state index in [0.29, 0.717) is 19.5 Å². The molecule has 2 rings (SSSR count). The van der Waals surface area contributed by atoms with E-state index in [0.717, 1.165) is 18.4 Å². The molecule has 0 bridgehead atoms. The van der Waals surface area contributed by atoms with Crippen molar-refractivity contribution in [1.29, 1.82) is 0 Å². The zero-order valence-electron chi connectivity index (χ0n) is 12.8. The minimum Gasteiger partial charge on any atom is -0.370 e. The molecular formula is C16H24ClN3O2. The molecule has 1 heterocycles. The lowest BCUT2D eigenvalue weighted by molar-refractivity contribution is -0.138. The number of piperidine rings is 1. The van der Waals surface area contributed by atoms with E-state index in [1.165, 1.54) is 0 Å². The lowest BCUT2D eigenvalue weighted by Gasteiger charge is -2.36. The number of rotatable bonds is 4. The van der Waals surface area contributed by atoms with Crippen LogP contribution in [0.1, 0.15) is 31.7 Å². The van der Waals surface area contributed by atoms with Gasteiger partial charge in [0.25, 0.3) is 0 Å². The van der Waals surface area contributed by atoms with Gasteiger partial charge in [-0.15, -0.1) is 12.4 Å². The summed E-state index contributed by atoms with van der Waals surface area (Å²) in [4.78, 5) is 25.4. The molecule has 1 unspecified atom stereocenters. The molecule has 2 amide bonds. The van der Waals surface area contributed by atoms with E-state index in [2.05, 4.69) is 0 Å². The highest BCUT2D eigenvalue weighted by molar-refractivity contribution is 5.87. The van der Waals surface area contributed by atoms with Gasteiger partial charge in [0.15, 0.2) is 0 Å². The standard InChI is InChI=1S/C16H23N3O2.ClH/c1-16(18,13-5-3-2-4-6-13)15(21)19-9-7-12(8-10-19)11-14(17)20;/h2-6,12H,7-11,18H2,1H3,(H2,17,20);1H. The second kappa shape index (κ2) is 7.61. The van der Waals surface area contributed by atoms with Crippen molar-refractivity contribution in [3.63, 3.8) is 0 Å². The number of carbonyl (C=O) groups excluding carboxylic acids is 2. The quantitative estimate of drug-likeness (QED) is 0.876. The molecule has 1 fully saturated rings. The van der Waals surface area contributed by atoms with Crippen molar-refractivity contribution in [3.05, 3.63) is 35.9 Å². The number of carbonyl (C=O) groups is 2. The fraction of sp³-hybridized carbons (Fsp3) is 0.500. The van der Waals surface area contributed by atoms with Crippen LogP contribution in [0.15, 0.2) is 30.3 Å². The predicted molar refractivity (Wildman–Crippen MR) is 88.3 cm³/mol. The van der Waals surface area contributed by atoms with Gasteiger partial charge in [-0.05, 0) is 31.2 Å². The molecule has 4 N–H and O–H groups in total. The lowest BCUT2D eigenvalue weighted by atomic mass is 9.88. The van der Waals surface area contributed by atoms with Crippen LogP contribution in [-0.4, -0.2) is 29.8 Å². The number of hydrogen-bond donors (Lipinski definition) is 2. The first-order chi connectivity index (χ1) is 9.91. The Morgan fingerprint density at radius 1 is 1.23 bits per heavy atom. The lowest BCUT2D eigenvalue weighted by Crippen LogP contribution is -2.53. The summed E-state index contributed by atoms with van der Waals surface area (Å²) in [7, 11) is 0. The molecule has 122 valence electrons. The maximum Gasteiger partial charge on any atom is 0.246 e. The predicted octanol–water partition coefficient (Wildman–Crippen LogP) is 1.40. The van der Waals surface area contributed by atoms with Crippen LogP contribution in [0.5, 0.6) is 0 Å². The number of amides is 2. The van der Waals surface area contributed by atoms with Crippen molar-refractivity contribution >= 4 is 24.2 Å². The fourth-order valence-corrected chi connectivity index (χ4v) is 2.86. The van der Waals surface area contributed by atoms with Crippen molar-refractivity contribution in [2.24, 2.45) is 17.4 Å². The van der Waals surface area contributed by atoms with Crippen molar-refractivity contribution in [3.8, 4) is 0 Å². The Hall–Kier alpha value is -1.59. The average molecular weight is 326 g/mol. The zero-order chi connectivity index (χ0) is 15.5. The zero-order valence-corrected chi connectivity index (χ0v) is 13.6. The van der Waals surface area contributed by atoms with Gasteiger partial charge in [0.2, 0.25) is 11.8 Å². The molecule has 1 aromatic carbocycles. The summed E-state index contributed by atoms with van der Waals surface area (Å²) in [6, 6.07) is 9.41. The highest BCUT2D eigenvalue weighted by Crippen LogP contribution is 2.25. The summed E-state index contributed by atoms with van der Waals surface area (Å²) in [5.41, 5.74) is 11.3. The topological polar surface area (TPSA) is 89.4 Å². The summed E-state index contributed by atoms with van der Waals surface area (Å²) in [6.45, 7) is 3.02. The Labute approximate surface area is 137 Å². The van der Waals surface area contributed by atoms with Gasteiger partial charge in [-0.2, -0.15) is 0 Å². The molecule has 1 aromatic rings. The Morgan fingerprint density at radius 2 is 1.77 bits per heavy atom. The van der Waals surface area contributed by atoms with Gasteiger partial charge in [0, 0.05) is 19.5 Å². The van der Waals surface area contributed by atoms with Gasteiger partial charge in [-0.1, -0.05) is 30.3 Å². The summed E-state index contributed by atoms with van der Waals surface area (Å²) in [5, 5.41) is 0. The molecule has 1 saturated heterocycles. The number of likely N-dealkylation sites (tertiary alicyclic amines) is 1. The summed E-state index contributed by atoms with van der Waals surface area (Å²) in [6.07, 6.45) is 2.01. The number of nitrogens with two attached hydrogens (primary N) is 2. The highest BCUT2D eigenvalue weighted by Gasteiger charge is 2.36. The van der Waals surface area contributed by atoms with E-state index in [1.54, 1.807) is 11.8 Å². The van der Waals surface area contributed by atoms with Crippen LogP contribution in [0.3, 0.4) is 0 Å². The van der Waals surface area contributed by atoms with Crippen molar-refractivity contribution < 1.29 is 9.59 Å². The van der Waals surface area contributed by atoms with E-state index in [4.69, 9.17) is 11.5 Å². The molecule has 0 aromatic heterocycles. The monoisotopic (exact) mass is 325 g/mol. The molecule has 5 nitrogen and oxygen atoms in total. The van der Waals surface area contributed by atoms with E-state index in [9.17, 15) is 9.59 Å². The Bertz CT molecular complexity index is 511. The largest absolute Gasteiger partial charge is 0.370 e. The molecule has 1 aliphatic heterocycles. The molecule has 0 aliphatic carbocycles. The third-order valence-corrected chi connectivity index (χ3v) is 4.21. The van der Waals surface area contributed by atoms with E-state index >= 15 is 0 Å². The van der Waals surface area contributed by atoms with Crippen LogP contribution in [-0.2, 0) is 15.1 Å². The van der Waals surface area contributed by atoms with Gasteiger partial charge < -0.3 is 16.4 Å². The van der Waals surface area contributed by atoms with Crippen molar-refractivity contribution in [2.45, 2.75) is 31.7 Å². The molecular weight excluding hydrogens is 302 g/mol. The molecule has 0 radical (unpaired) electrons. The first-order valence-corrected chi connectivity index (χ1v) is 7.33. The third-order valence-electron chi connectivity index (χ3n) is 4.21. The number of halogens is 1. The van der Waals surface area contributed by atoms with Crippen LogP contribution in [0, 0.1) is 5.92 Å². The Morgan fingerprint density at radius 3 is 2.27 bits per heavy atom. The normalized spacial score (nSPS) is 18.2. The van der Waals surface area contributed by atoms with Crippen molar-refractivity contribution in [2.75, 3.05) is 13.1 Å². The number of primary amides is 1. The smallest absolute Gasteiger partial charge is 0.246 e. The minimum atomic E-state index is -1.02. The molecule has 0 spiro atoms. The number of hydrogen-bond acceptors (Lipinski definition) is 3. The molecule has 22 heavy (non-hydrogen) atoms. The minimum absolute atomic E-state index is 0. The van der Waals surface area contributed by atoms with Crippen molar-refractivity contribution in [1.82, 2.24) is 4.90 Å². The maximum absolute atomic E-state index is 12.7. The van der Waals surface area contributed by atoms with E-state index in [-0.39, 0.29) is 30.1 Å². The third kappa shape index (κ3) is 4.21. The fourth-order valence-electron chi connectivity index (χ4n) is 2.86. The second-order valence-corrected chi connectivity index (χ2v) is 5.97. The molecule has 1 atom stereocenters. The summed E-state index contributed by atoms with van der Waals surface area (Å²) < 4.78 is 0. The first kappa shape index (κ1) is 18.5. The SMILES string of the molecule is CC(N)(C(=O)N1CCC(CC(N)=O)CC1)c1ccccc1.Cl. The molecule has 1 aliphatic rings. The van der Waals surface area contributed by atoms with Crippen LogP contribution in [0.4, 0.5) is 0 Å². The first-order valence-electron chi connectivity index (χ1n) is 7.33. The second-order valence-electron chi connectivity index (χ2n) is 5.97. The van der Waals surface area contributed by atoms with Gasteiger partial charge >= 0.3 is 0 Å². The number of benzene rings is 1. The van der Waals surface area contributed by atoms with Crippen LogP contribution in [0.25, 0.3) is 0 Å². The van der Waals surface area contributed by atoms with Crippen LogP contribution in [0.2, 0.25) is 0 Å². The Kier molecular flexibility index (Phi) is 6.38. The molecule has 6 heteroatoms. The van der Waals surface area contributed by atoms with Gasteiger partial charge in [0.1, 0.15) is 5.54 Å². The number of nitrogens with zero attached hydrogens (tertiary/aromatic N) is 1. The average Bonchev–Trinajstić information content (AvgIpc) is 2.47. The van der Waals surface area contributed by atoms with E-state index < -0.39 is 5.54 Å². The van der Waals surface area contributed by atoms with Crippen LogP contribution < -0.4 is 11.5 Å². The van der Waals surface area contributed by atoms with E-state index in [1.807, 2.05) is 30.3 Å².